The van der Waals surface area contributed by atoms with Gasteiger partial charge in [0.2, 0.25) is 5.95 Å². The fraction of sp³-hybridized carbons (Fsp3) is 0.387. The zero-order valence-corrected chi connectivity index (χ0v) is 25.1. The van der Waals surface area contributed by atoms with Gasteiger partial charge in [0.15, 0.2) is 0 Å². The van der Waals surface area contributed by atoms with E-state index in [1.54, 1.807) is 19.9 Å². The Morgan fingerprint density at radius 1 is 1.09 bits per heavy atom. The number of hydrogen-bond donors (Lipinski definition) is 2. The molecule has 0 aliphatic carbocycles. The number of ether oxygens (including phenoxy) is 1. The maximum Gasteiger partial charge on any atom is 0.533 e. The molecule has 1 aliphatic rings. The molecule has 0 amide bonds. The normalized spacial score (nSPS) is 16.2. The number of hydrogen-bond acceptors (Lipinski definition) is 9. The maximum atomic E-state index is 13.8. The fourth-order valence-corrected chi connectivity index (χ4v) is 5.21. The highest BCUT2D eigenvalue weighted by Crippen LogP contribution is 2.43. The second kappa shape index (κ2) is 14.1. The third-order valence-corrected chi connectivity index (χ3v) is 7.40. The summed E-state index contributed by atoms with van der Waals surface area (Å²) in [6.07, 6.45) is -9.29. The molecule has 0 unspecified atom stereocenters. The van der Waals surface area contributed by atoms with Crippen LogP contribution in [0, 0.1) is 11.3 Å². The lowest BCUT2D eigenvalue weighted by molar-refractivity contribution is -0.138. The number of carboxylic acid groups (broad SMARTS) is 1. The lowest BCUT2D eigenvalue weighted by atomic mass is 9.90. The molecule has 0 bridgehead atoms. The molecule has 2 atom stereocenters. The largest absolute Gasteiger partial charge is 0.533 e. The summed E-state index contributed by atoms with van der Waals surface area (Å²) in [6.45, 7) is 3.36. The summed E-state index contributed by atoms with van der Waals surface area (Å²) >= 11 is 0. The molecule has 1 aromatic heterocycles. The van der Waals surface area contributed by atoms with Gasteiger partial charge in [-0.05, 0) is 73.7 Å². The van der Waals surface area contributed by atoms with Crippen LogP contribution in [0.15, 0.2) is 42.6 Å². The summed E-state index contributed by atoms with van der Waals surface area (Å²) in [4.78, 5) is 37.5. The van der Waals surface area contributed by atoms with Crippen molar-refractivity contribution in [3.05, 3.63) is 81.7 Å². The first-order chi connectivity index (χ1) is 22.1. The molecule has 16 heteroatoms. The molecular formula is C31H29F6N5O5. The van der Waals surface area contributed by atoms with Gasteiger partial charge in [-0.25, -0.2) is 14.8 Å². The van der Waals surface area contributed by atoms with Gasteiger partial charge in [-0.15, -0.1) is 0 Å². The third kappa shape index (κ3) is 8.60. The van der Waals surface area contributed by atoms with Crippen LogP contribution >= 0.6 is 0 Å². The van der Waals surface area contributed by atoms with Gasteiger partial charge >= 0.3 is 24.5 Å². The lowest BCUT2D eigenvalue weighted by Crippen LogP contribution is -2.43. The van der Waals surface area contributed by atoms with E-state index in [1.165, 1.54) is 23.4 Å². The molecule has 250 valence electrons. The first-order valence-electron chi connectivity index (χ1n) is 14.4. The zero-order valence-electron chi connectivity index (χ0n) is 25.1. The van der Waals surface area contributed by atoms with Crippen LogP contribution in [0.1, 0.15) is 78.2 Å². The number of carbonyl (C=O) groups excluding carboxylic acids is 1. The topological polar surface area (TPSA) is 138 Å². The van der Waals surface area contributed by atoms with E-state index in [4.69, 9.17) is 9.57 Å². The second-order valence-electron chi connectivity index (χ2n) is 10.6. The fourth-order valence-electron chi connectivity index (χ4n) is 5.21. The van der Waals surface area contributed by atoms with Gasteiger partial charge in [0, 0.05) is 24.6 Å². The van der Waals surface area contributed by atoms with E-state index in [2.05, 4.69) is 15.3 Å². The average molecular weight is 666 g/mol. The average Bonchev–Trinajstić information content (AvgIpc) is 3.00. The van der Waals surface area contributed by atoms with Crippen molar-refractivity contribution in [1.29, 1.82) is 5.26 Å². The molecule has 0 spiro atoms. The standard InChI is InChI=1S/C31H29F6N5O5/c1-3-22-14-25(23-13-20(30(32,33)34)6-7-26(23)42(22)47-29(45)46-4-2)41-28-39-16-19(5-8-27(43)44)24(40-28)12-17-9-18(15-38)11-21(10-17)31(35,36)37/h6-7,9-11,13,16,22,25H,3-5,8,12,14H2,1-2H3,(H,43,44)(H,39,40,41)/t22-,25+/m1/s1. The quantitative estimate of drug-likeness (QED) is 0.169. The van der Waals surface area contributed by atoms with Gasteiger partial charge in [-0.2, -0.15) is 36.7 Å². The van der Waals surface area contributed by atoms with Crippen LogP contribution in [0.2, 0.25) is 0 Å². The summed E-state index contributed by atoms with van der Waals surface area (Å²) in [5, 5.41) is 22.7. The van der Waals surface area contributed by atoms with E-state index in [-0.39, 0.29) is 66.3 Å². The molecule has 10 nitrogen and oxygen atoms in total. The zero-order chi connectivity index (χ0) is 34.5. The van der Waals surface area contributed by atoms with E-state index < -0.39 is 47.7 Å². The smallest absolute Gasteiger partial charge is 0.481 e. The van der Waals surface area contributed by atoms with Crippen LogP contribution in [-0.4, -0.2) is 39.8 Å². The SMILES string of the molecule is CCOC(=O)ON1c2ccc(C(F)(F)F)cc2[C@@H](Nc2ncc(CCC(=O)O)c(Cc3cc(C#N)cc(C(F)(F)F)c3)n2)C[C@H]1CC. The van der Waals surface area contributed by atoms with E-state index in [1.807, 2.05) is 0 Å². The van der Waals surface area contributed by atoms with Crippen molar-refractivity contribution in [3.8, 4) is 6.07 Å². The number of nitriles is 1. The van der Waals surface area contributed by atoms with E-state index in [0.29, 0.717) is 18.1 Å². The molecule has 2 aromatic carbocycles. The van der Waals surface area contributed by atoms with Crippen LogP contribution in [-0.2, 0) is 39.6 Å². The molecule has 1 aliphatic heterocycles. The van der Waals surface area contributed by atoms with Gasteiger partial charge in [0.25, 0.3) is 0 Å². The highest BCUT2D eigenvalue weighted by molar-refractivity contribution is 5.67. The Kier molecular flexibility index (Phi) is 10.5. The predicted octanol–water partition coefficient (Wildman–Crippen LogP) is 7.22. The number of fused-ring (bicyclic) bond motifs is 1. The number of anilines is 2. The first-order valence-corrected chi connectivity index (χ1v) is 14.4. The van der Waals surface area contributed by atoms with Gasteiger partial charge in [0.05, 0.1) is 52.8 Å². The molecule has 3 aromatic rings. The number of benzene rings is 2. The molecule has 0 saturated heterocycles. The number of nitrogens with one attached hydrogen (secondary N) is 1. The molecule has 4 rings (SSSR count). The van der Waals surface area contributed by atoms with E-state index in [9.17, 15) is 46.3 Å². The van der Waals surface area contributed by atoms with Crippen molar-refractivity contribution >= 4 is 23.8 Å². The van der Waals surface area contributed by atoms with Crippen molar-refractivity contribution in [2.75, 3.05) is 17.0 Å². The summed E-state index contributed by atoms with van der Waals surface area (Å²) < 4.78 is 86.7. The Morgan fingerprint density at radius 3 is 2.43 bits per heavy atom. The Bertz CT molecular complexity index is 1670. The lowest BCUT2D eigenvalue weighted by Gasteiger charge is -2.40. The molecule has 0 saturated carbocycles. The minimum absolute atomic E-state index is 0.00791. The van der Waals surface area contributed by atoms with Crippen molar-refractivity contribution in [2.24, 2.45) is 0 Å². The molecule has 2 N–H and O–H groups in total. The Hall–Kier alpha value is -5.07. The van der Waals surface area contributed by atoms with Gasteiger partial charge in [-0.1, -0.05) is 6.92 Å². The number of carbonyl (C=O) groups is 2. The summed E-state index contributed by atoms with van der Waals surface area (Å²) in [7, 11) is 0. The van der Waals surface area contributed by atoms with Gasteiger partial charge in [-0.3, -0.25) is 4.79 Å². The Labute approximate surface area is 264 Å². The number of carboxylic acids is 1. The molecular weight excluding hydrogens is 636 g/mol. The van der Waals surface area contributed by atoms with Crippen LogP contribution in [0.25, 0.3) is 0 Å². The molecule has 2 heterocycles. The number of alkyl halides is 6. The van der Waals surface area contributed by atoms with E-state index in [0.717, 1.165) is 18.2 Å². The number of hydroxylamine groups is 1. The monoisotopic (exact) mass is 665 g/mol. The Morgan fingerprint density at radius 2 is 1.81 bits per heavy atom. The van der Waals surface area contributed by atoms with Crippen molar-refractivity contribution < 1.29 is 50.6 Å². The second-order valence-corrected chi connectivity index (χ2v) is 10.6. The highest BCUT2D eigenvalue weighted by Gasteiger charge is 2.39. The van der Waals surface area contributed by atoms with Crippen LogP contribution in [0.4, 0.5) is 42.8 Å². The number of rotatable bonds is 10. The highest BCUT2D eigenvalue weighted by atomic mass is 19.4. The number of aromatic nitrogens is 2. The number of aliphatic carboxylic acids is 1. The summed E-state index contributed by atoms with van der Waals surface area (Å²) in [6, 6.07) is 6.08. The predicted molar refractivity (Wildman–Crippen MR) is 154 cm³/mol. The third-order valence-electron chi connectivity index (χ3n) is 7.40. The minimum atomic E-state index is -4.74. The van der Waals surface area contributed by atoms with Gasteiger partial charge < -0.3 is 20.0 Å². The first kappa shape index (κ1) is 34.8. The number of nitrogens with zero attached hydrogens (tertiary/aromatic N) is 4. The van der Waals surface area contributed by atoms with Crippen LogP contribution < -0.4 is 10.4 Å². The van der Waals surface area contributed by atoms with Gasteiger partial charge in [0.1, 0.15) is 0 Å². The van der Waals surface area contributed by atoms with Crippen molar-refractivity contribution in [1.82, 2.24) is 9.97 Å². The van der Waals surface area contributed by atoms with Crippen LogP contribution in [0.3, 0.4) is 0 Å². The minimum Gasteiger partial charge on any atom is -0.481 e. The van der Waals surface area contributed by atoms with Crippen molar-refractivity contribution in [3.63, 3.8) is 0 Å². The summed E-state index contributed by atoms with van der Waals surface area (Å²) in [5.41, 5.74) is -1.44. The van der Waals surface area contributed by atoms with E-state index >= 15 is 0 Å². The Balaban J connectivity index is 1.76. The molecule has 47 heavy (non-hydrogen) atoms. The maximum absolute atomic E-state index is 13.8. The molecule has 0 fully saturated rings. The molecule has 0 radical (unpaired) electrons. The summed E-state index contributed by atoms with van der Waals surface area (Å²) in [5.74, 6) is -1.22. The number of aryl methyl sites for hydroxylation is 1. The van der Waals surface area contributed by atoms with Crippen LogP contribution in [0.5, 0.6) is 0 Å². The van der Waals surface area contributed by atoms with Crippen molar-refractivity contribution in [2.45, 2.75) is 70.4 Å². The number of halogens is 6.